The smallest absolute Gasteiger partial charge is 0.308 e. The summed E-state index contributed by atoms with van der Waals surface area (Å²) in [5.41, 5.74) is 1.17. The minimum atomic E-state index is -0.788. The molecule has 0 amide bonds. The lowest BCUT2D eigenvalue weighted by Gasteiger charge is -2.07. The Hall–Kier alpha value is -1.85. The number of rotatable bonds is 8. The van der Waals surface area contributed by atoms with Crippen molar-refractivity contribution in [1.29, 1.82) is 0 Å². The van der Waals surface area contributed by atoms with E-state index in [2.05, 4.69) is 11.4 Å². The zero-order chi connectivity index (χ0) is 15.1. The fraction of sp³-hybridized carbons (Fsp3) is 0.312. The Labute approximate surface area is 128 Å². The van der Waals surface area contributed by atoms with Crippen LogP contribution in [-0.2, 0) is 24.3 Å². The van der Waals surface area contributed by atoms with Gasteiger partial charge in [-0.2, -0.15) is 0 Å². The number of hydrogen-bond acceptors (Lipinski definition) is 4. The molecule has 0 aliphatic carbocycles. The molecule has 0 unspecified atom stereocenters. The molecule has 2 aromatic rings. The molecule has 1 aromatic carbocycles. The topological polar surface area (TPSA) is 58.6 Å². The van der Waals surface area contributed by atoms with Gasteiger partial charge in [-0.05, 0) is 36.8 Å². The summed E-state index contributed by atoms with van der Waals surface area (Å²) in [6, 6.07) is 11.9. The molecule has 112 valence electrons. The summed E-state index contributed by atoms with van der Waals surface area (Å²) in [6.07, 6.45) is 0.0983. The Morgan fingerprint density at radius 2 is 2.05 bits per heavy atom. The third-order valence-electron chi connectivity index (χ3n) is 2.88. The Bertz CT molecular complexity index is 595. The van der Waals surface area contributed by atoms with Crippen molar-refractivity contribution in [3.05, 3.63) is 51.7 Å². The van der Waals surface area contributed by atoms with Crippen LogP contribution in [0.4, 0.5) is 0 Å². The Balaban J connectivity index is 1.82. The van der Waals surface area contributed by atoms with Gasteiger partial charge in [-0.15, -0.1) is 11.3 Å². The lowest BCUT2D eigenvalue weighted by molar-refractivity contribution is -0.136. The number of hydrogen-bond donors (Lipinski definition) is 2. The van der Waals surface area contributed by atoms with Gasteiger partial charge in [0.2, 0.25) is 0 Å². The predicted octanol–water partition coefficient (Wildman–Crippen LogP) is 3.06. The molecule has 0 radical (unpaired) electrons. The second kappa shape index (κ2) is 7.81. The first-order chi connectivity index (χ1) is 10.2. The molecule has 0 atom stereocenters. The average Bonchev–Trinajstić information content (AvgIpc) is 2.86. The minimum Gasteiger partial charge on any atom is -0.494 e. The van der Waals surface area contributed by atoms with Crippen molar-refractivity contribution in [2.45, 2.75) is 26.4 Å². The molecule has 0 aliphatic rings. The highest BCUT2D eigenvalue weighted by Crippen LogP contribution is 2.17. The zero-order valence-electron chi connectivity index (χ0n) is 12.0. The van der Waals surface area contributed by atoms with Crippen LogP contribution >= 0.6 is 11.3 Å². The van der Waals surface area contributed by atoms with E-state index in [9.17, 15) is 4.79 Å². The molecule has 4 nitrogen and oxygen atoms in total. The molecule has 1 aromatic heterocycles. The van der Waals surface area contributed by atoms with E-state index in [-0.39, 0.29) is 6.42 Å². The number of carboxylic acid groups (broad SMARTS) is 1. The molecule has 5 heteroatoms. The van der Waals surface area contributed by atoms with Crippen molar-refractivity contribution in [3.63, 3.8) is 0 Å². The van der Waals surface area contributed by atoms with Crippen molar-refractivity contribution in [2.24, 2.45) is 0 Å². The second-order valence-corrected chi connectivity index (χ2v) is 5.88. The van der Waals surface area contributed by atoms with Crippen LogP contribution < -0.4 is 10.1 Å². The maximum atomic E-state index is 10.6. The number of ether oxygens (including phenoxy) is 1. The van der Waals surface area contributed by atoms with Crippen LogP contribution in [0.15, 0.2) is 36.4 Å². The van der Waals surface area contributed by atoms with Crippen LogP contribution in [0.25, 0.3) is 0 Å². The summed E-state index contributed by atoms with van der Waals surface area (Å²) < 4.78 is 5.47. The molecule has 2 N–H and O–H groups in total. The lowest BCUT2D eigenvalue weighted by Crippen LogP contribution is -2.11. The second-order valence-electron chi connectivity index (χ2n) is 4.62. The molecule has 0 spiro atoms. The number of carbonyl (C=O) groups is 1. The van der Waals surface area contributed by atoms with E-state index in [1.807, 2.05) is 37.3 Å². The Kier molecular flexibility index (Phi) is 5.78. The first kappa shape index (κ1) is 15.5. The van der Waals surface area contributed by atoms with E-state index < -0.39 is 5.97 Å². The van der Waals surface area contributed by atoms with Gasteiger partial charge in [0.25, 0.3) is 0 Å². The Morgan fingerprint density at radius 3 is 2.81 bits per heavy atom. The van der Waals surface area contributed by atoms with Crippen molar-refractivity contribution < 1.29 is 14.6 Å². The fourth-order valence-corrected chi connectivity index (χ4v) is 2.98. The van der Waals surface area contributed by atoms with Crippen molar-refractivity contribution >= 4 is 17.3 Å². The van der Waals surface area contributed by atoms with Gasteiger partial charge < -0.3 is 15.2 Å². The van der Waals surface area contributed by atoms with E-state index >= 15 is 0 Å². The van der Waals surface area contributed by atoms with Crippen molar-refractivity contribution in [2.75, 3.05) is 6.61 Å². The summed E-state index contributed by atoms with van der Waals surface area (Å²) in [6.45, 7) is 4.13. The van der Waals surface area contributed by atoms with Crippen molar-refractivity contribution in [1.82, 2.24) is 5.32 Å². The first-order valence-electron chi connectivity index (χ1n) is 6.89. The third kappa shape index (κ3) is 5.21. The molecule has 0 saturated heterocycles. The van der Waals surface area contributed by atoms with Gasteiger partial charge in [0.1, 0.15) is 5.75 Å². The van der Waals surface area contributed by atoms with Gasteiger partial charge in [-0.3, -0.25) is 4.79 Å². The highest BCUT2D eigenvalue weighted by atomic mass is 32.1. The molecule has 0 bridgehead atoms. The normalized spacial score (nSPS) is 10.5. The highest BCUT2D eigenvalue weighted by Gasteiger charge is 2.04. The summed E-state index contributed by atoms with van der Waals surface area (Å²) in [5.74, 6) is 0.0979. The molecule has 0 saturated carbocycles. The van der Waals surface area contributed by atoms with Crippen LogP contribution in [0.5, 0.6) is 5.75 Å². The van der Waals surface area contributed by atoms with E-state index in [1.54, 1.807) is 0 Å². The van der Waals surface area contributed by atoms with Crippen LogP contribution in [0.3, 0.4) is 0 Å². The lowest BCUT2D eigenvalue weighted by atomic mass is 10.2. The van der Waals surface area contributed by atoms with Gasteiger partial charge in [-0.1, -0.05) is 12.1 Å². The largest absolute Gasteiger partial charge is 0.494 e. The van der Waals surface area contributed by atoms with Crippen molar-refractivity contribution in [3.8, 4) is 5.75 Å². The number of thiophene rings is 1. The molecule has 21 heavy (non-hydrogen) atoms. The van der Waals surface area contributed by atoms with Gasteiger partial charge in [0.05, 0.1) is 13.0 Å². The highest BCUT2D eigenvalue weighted by molar-refractivity contribution is 7.12. The molecular formula is C16H19NO3S. The zero-order valence-corrected chi connectivity index (χ0v) is 12.8. The van der Waals surface area contributed by atoms with Gasteiger partial charge in [-0.25, -0.2) is 0 Å². The maximum Gasteiger partial charge on any atom is 0.308 e. The van der Waals surface area contributed by atoms with E-state index in [0.29, 0.717) is 6.61 Å². The fourth-order valence-electron chi connectivity index (χ4n) is 2.00. The summed E-state index contributed by atoms with van der Waals surface area (Å²) in [4.78, 5) is 12.7. The number of aliphatic carboxylic acids is 1. The molecule has 0 aliphatic heterocycles. The van der Waals surface area contributed by atoms with E-state index in [1.165, 1.54) is 16.9 Å². The number of nitrogens with one attached hydrogen (secondary N) is 1. The molecule has 0 fully saturated rings. The van der Waals surface area contributed by atoms with Gasteiger partial charge in [0, 0.05) is 22.8 Å². The quantitative estimate of drug-likeness (QED) is 0.787. The van der Waals surface area contributed by atoms with Crippen LogP contribution in [0, 0.1) is 0 Å². The Morgan fingerprint density at radius 1 is 1.24 bits per heavy atom. The first-order valence-corrected chi connectivity index (χ1v) is 7.71. The summed E-state index contributed by atoms with van der Waals surface area (Å²) in [5, 5.41) is 12.1. The summed E-state index contributed by atoms with van der Waals surface area (Å²) >= 11 is 1.54. The summed E-state index contributed by atoms with van der Waals surface area (Å²) in [7, 11) is 0. The number of carboxylic acids is 1. The average molecular weight is 305 g/mol. The monoisotopic (exact) mass is 305 g/mol. The maximum absolute atomic E-state index is 10.6. The molecule has 2 rings (SSSR count). The van der Waals surface area contributed by atoms with Gasteiger partial charge in [0.15, 0.2) is 0 Å². The predicted molar refractivity (Wildman–Crippen MR) is 83.8 cm³/mol. The minimum absolute atomic E-state index is 0.0983. The van der Waals surface area contributed by atoms with E-state index in [4.69, 9.17) is 9.84 Å². The number of benzene rings is 1. The van der Waals surface area contributed by atoms with E-state index in [0.717, 1.165) is 28.6 Å². The molecular weight excluding hydrogens is 286 g/mol. The molecule has 1 heterocycles. The van der Waals surface area contributed by atoms with Crippen LogP contribution in [0.1, 0.15) is 22.2 Å². The van der Waals surface area contributed by atoms with Crippen LogP contribution in [-0.4, -0.2) is 17.7 Å². The standard InChI is InChI=1S/C16H19NO3S/c1-2-20-13-5-3-4-12(8-13)10-17-11-15-7-6-14(21-15)9-16(18)19/h3-8,17H,2,9-11H2,1H3,(H,18,19). The SMILES string of the molecule is CCOc1cccc(CNCc2ccc(CC(=O)O)s2)c1. The van der Waals surface area contributed by atoms with Gasteiger partial charge >= 0.3 is 5.97 Å². The third-order valence-corrected chi connectivity index (χ3v) is 3.97. The van der Waals surface area contributed by atoms with Crippen LogP contribution in [0.2, 0.25) is 0 Å².